The molecule has 2 aromatic carbocycles. The molecule has 1 heterocycles. The highest BCUT2D eigenvalue weighted by Crippen LogP contribution is 2.33. The minimum absolute atomic E-state index is 0.0319. The van der Waals surface area contributed by atoms with Gasteiger partial charge in [0.05, 0.1) is 17.2 Å². The second-order valence-corrected chi connectivity index (χ2v) is 6.29. The molecule has 0 saturated heterocycles. The fourth-order valence-corrected chi connectivity index (χ4v) is 2.83. The number of nitrogens with one attached hydrogen (secondary N) is 1. The van der Waals surface area contributed by atoms with Gasteiger partial charge in [-0.05, 0) is 49.7 Å². The fourth-order valence-electron chi connectivity index (χ4n) is 2.58. The summed E-state index contributed by atoms with van der Waals surface area (Å²) in [6.07, 6.45) is 0.909. The standard InChI is InChI=1S/C20H18ClFN2O3/c1-3-11-26-14-9-7-13(8-10-14)23-20(25)17-12(2)27-24-19(17)18-15(21)5-4-6-16(18)22/h4-10H,3,11H2,1-2H3,(H,23,25). The van der Waals surface area contributed by atoms with Gasteiger partial charge in [-0.25, -0.2) is 4.39 Å². The van der Waals surface area contributed by atoms with Crippen LogP contribution in [0.1, 0.15) is 29.5 Å². The molecule has 0 atom stereocenters. The number of aromatic nitrogens is 1. The topological polar surface area (TPSA) is 64.4 Å². The van der Waals surface area contributed by atoms with E-state index in [9.17, 15) is 9.18 Å². The van der Waals surface area contributed by atoms with Crippen LogP contribution in [0.2, 0.25) is 5.02 Å². The van der Waals surface area contributed by atoms with Crippen molar-refractivity contribution < 1.29 is 18.4 Å². The van der Waals surface area contributed by atoms with E-state index in [1.54, 1.807) is 31.2 Å². The van der Waals surface area contributed by atoms with Gasteiger partial charge in [-0.2, -0.15) is 0 Å². The summed E-state index contributed by atoms with van der Waals surface area (Å²) >= 11 is 6.10. The van der Waals surface area contributed by atoms with E-state index in [0.29, 0.717) is 12.3 Å². The van der Waals surface area contributed by atoms with Crippen LogP contribution >= 0.6 is 11.6 Å². The van der Waals surface area contributed by atoms with Crippen LogP contribution in [0.25, 0.3) is 11.3 Å². The van der Waals surface area contributed by atoms with E-state index in [0.717, 1.165) is 12.2 Å². The van der Waals surface area contributed by atoms with Gasteiger partial charge in [0.1, 0.15) is 28.6 Å². The van der Waals surface area contributed by atoms with Gasteiger partial charge in [-0.15, -0.1) is 0 Å². The molecule has 0 aliphatic heterocycles. The molecular formula is C20H18ClFN2O3. The van der Waals surface area contributed by atoms with E-state index in [4.69, 9.17) is 20.9 Å². The largest absolute Gasteiger partial charge is 0.494 e. The first-order chi connectivity index (χ1) is 13.0. The molecule has 0 aliphatic carbocycles. The van der Waals surface area contributed by atoms with Gasteiger partial charge in [0, 0.05) is 5.69 Å². The van der Waals surface area contributed by atoms with E-state index < -0.39 is 11.7 Å². The zero-order valence-corrected chi connectivity index (χ0v) is 15.6. The number of aryl methyl sites for hydroxylation is 1. The summed E-state index contributed by atoms with van der Waals surface area (Å²) in [7, 11) is 0. The number of hydrogen-bond donors (Lipinski definition) is 1. The third kappa shape index (κ3) is 4.11. The van der Waals surface area contributed by atoms with Crippen molar-refractivity contribution in [2.75, 3.05) is 11.9 Å². The molecular weight excluding hydrogens is 371 g/mol. The first-order valence-electron chi connectivity index (χ1n) is 8.46. The molecule has 5 nitrogen and oxygen atoms in total. The van der Waals surface area contributed by atoms with Crippen molar-refractivity contribution in [1.82, 2.24) is 5.16 Å². The van der Waals surface area contributed by atoms with Gasteiger partial charge in [-0.1, -0.05) is 29.7 Å². The Bertz CT molecular complexity index is 934. The van der Waals surface area contributed by atoms with Crippen molar-refractivity contribution in [3.05, 3.63) is 64.6 Å². The Kier molecular flexibility index (Phi) is 5.76. The number of nitrogens with zero attached hydrogens (tertiary/aromatic N) is 1. The summed E-state index contributed by atoms with van der Waals surface area (Å²) in [4.78, 5) is 12.8. The average molecular weight is 389 g/mol. The average Bonchev–Trinajstić information content (AvgIpc) is 3.02. The number of hydrogen-bond acceptors (Lipinski definition) is 4. The quantitative estimate of drug-likeness (QED) is 0.607. The Morgan fingerprint density at radius 1 is 1.26 bits per heavy atom. The number of amides is 1. The maximum atomic E-state index is 14.3. The normalized spacial score (nSPS) is 10.7. The predicted molar refractivity (Wildman–Crippen MR) is 102 cm³/mol. The molecule has 1 N–H and O–H groups in total. The van der Waals surface area contributed by atoms with Crippen molar-refractivity contribution in [2.45, 2.75) is 20.3 Å². The lowest BCUT2D eigenvalue weighted by atomic mass is 10.0. The number of anilines is 1. The zero-order valence-electron chi connectivity index (χ0n) is 14.9. The van der Waals surface area contributed by atoms with Crippen LogP contribution in [0.5, 0.6) is 5.75 Å². The van der Waals surface area contributed by atoms with Gasteiger partial charge >= 0.3 is 0 Å². The summed E-state index contributed by atoms with van der Waals surface area (Å²) in [6.45, 7) is 4.23. The lowest BCUT2D eigenvalue weighted by molar-refractivity contribution is 0.102. The van der Waals surface area contributed by atoms with E-state index in [1.807, 2.05) is 6.92 Å². The number of rotatable bonds is 6. The molecule has 7 heteroatoms. The monoisotopic (exact) mass is 388 g/mol. The lowest BCUT2D eigenvalue weighted by Crippen LogP contribution is -2.13. The highest BCUT2D eigenvalue weighted by atomic mass is 35.5. The maximum absolute atomic E-state index is 14.3. The van der Waals surface area contributed by atoms with Crippen molar-refractivity contribution in [1.29, 1.82) is 0 Å². The summed E-state index contributed by atoms with van der Waals surface area (Å²) in [5.74, 6) is -0.0628. The first-order valence-corrected chi connectivity index (χ1v) is 8.84. The molecule has 0 fully saturated rings. The van der Waals surface area contributed by atoms with Crippen LogP contribution in [0, 0.1) is 12.7 Å². The molecule has 140 valence electrons. The molecule has 3 aromatic rings. The fraction of sp³-hybridized carbons (Fsp3) is 0.200. The minimum Gasteiger partial charge on any atom is -0.494 e. The van der Waals surface area contributed by atoms with Crippen molar-refractivity contribution >= 4 is 23.2 Å². The number of carbonyl (C=O) groups is 1. The van der Waals surface area contributed by atoms with E-state index in [-0.39, 0.29) is 27.6 Å². The Hall–Kier alpha value is -2.86. The molecule has 3 rings (SSSR count). The molecule has 0 aliphatic rings. The molecule has 1 aromatic heterocycles. The van der Waals surface area contributed by atoms with E-state index in [1.165, 1.54) is 18.2 Å². The summed E-state index contributed by atoms with van der Waals surface area (Å²) < 4.78 is 24.9. The van der Waals surface area contributed by atoms with Gasteiger partial charge in [0.15, 0.2) is 0 Å². The highest BCUT2D eigenvalue weighted by Gasteiger charge is 2.25. The second kappa shape index (κ2) is 8.22. The zero-order chi connectivity index (χ0) is 19.4. The number of halogens is 2. The second-order valence-electron chi connectivity index (χ2n) is 5.89. The molecule has 27 heavy (non-hydrogen) atoms. The van der Waals surface area contributed by atoms with Gasteiger partial charge in [0.25, 0.3) is 5.91 Å². The molecule has 1 amide bonds. The van der Waals surface area contributed by atoms with Crippen molar-refractivity contribution in [3.63, 3.8) is 0 Å². The Labute approximate surface area is 161 Å². The maximum Gasteiger partial charge on any atom is 0.261 e. The summed E-state index contributed by atoms with van der Waals surface area (Å²) in [5.41, 5.74) is 0.795. The Balaban J connectivity index is 1.87. The van der Waals surface area contributed by atoms with Crippen molar-refractivity contribution in [3.8, 4) is 17.0 Å². The third-order valence-electron chi connectivity index (χ3n) is 3.87. The van der Waals surface area contributed by atoms with Crippen molar-refractivity contribution in [2.24, 2.45) is 0 Å². The third-order valence-corrected chi connectivity index (χ3v) is 4.19. The van der Waals surface area contributed by atoms with Gasteiger partial charge < -0.3 is 14.6 Å². The Morgan fingerprint density at radius 3 is 2.67 bits per heavy atom. The van der Waals surface area contributed by atoms with Gasteiger partial charge in [0.2, 0.25) is 0 Å². The SMILES string of the molecule is CCCOc1ccc(NC(=O)c2c(-c3c(F)cccc3Cl)noc2C)cc1. The minimum atomic E-state index is -0.581. The summed E-state index contributed by atoms with van der Waals surface area (Å²) in [6, 6.07) is 11.2. The molecule has 0 saturated carbocycles. The van der Waals surface area contributed by atoms with E-state index >= 15 is 0 Å². The number of carbonyl (C=O) groups excluding carboxylic acids is 1. The van der Waals surface area contributed by atoms with Crippen LogP contribution in [0.4, 0.5) is 10.1 Å². The van der Waals surface area contributed by atoms with Crippen LogP contribution in [0.3, 0.4) is 0 Å². The number of ether oxygens (including phenoxy) is 1. The summed E-state index contributed by atoms with van der Waals surface area (Å²) in [5, 5.41) is 6.74. The molecule has 0 spiro atoms. The Morgan fingerprint density at radius 2 is 2.00 bits per heavy atom. The number of benzene rings is 2. The molecule has 0 bridgehead atoms. The predicted octanol–water partition coefficient (Wildman–Crippen LogP) is 5.48. The van der Waals surface area contributed by atoms with Gasteiger partial charge in [-0.3, -0.25) is 4.79 Å². The lowest BCUT2D eigenvalue weighted by Gasteiger charge is -2.09. The van der Waals surface area contributed by atoms with Crippen LogP contribution in [-0.2, 0) is 0 Å². The van der Waals surface area contributed by atoms with E-state index in [2.05, 4.69) is 10.5 Å². The highest BCUT2D eigenvalue weighted by molar-refractivity contribution is 6.33. The van der Waals surface area contributed by atoms with Crippen LogP contribution in [-0.4, -0.2) is 17.7 Å². The molecule has 0 unspecified atom stereocenters. The molecule has 0 radical (unpaired) electrons. The first kappa shape index (κ1) is 18.9. The van der Waals surface area contributed by atoms with Crippen LogP contribution in [0.15, 0.2) is 47.0 Å². The van der Waals surface area contributed by atoms with Crippen LogP contribution < -0.4 is 10.1 Å². The smallest absolute Gasteiger partial charge is 0.261 e.